The fourth-order valence-electron chi connectivity index (χ4n) is 3.53. The number of benzene rings is 1. The lowest BCUT2D eigenvalue weighted by Gasteiger charge is -2.32. The highest BCUT2D eigenvalue weighted by Crippen LogP contribution is 2.22. The molecule has 6 nitrogen and oxygen atoms in total. The van der Waals surface area contributed by atoms with Gasteiger partial charge in [0.1, 0.15) is 17.3 Å². The van der Waals surface area contributed by atoms with Gasteiger partial charge < -0.3 is 18.9 Å². The number of hydrogen-bond donors (Lipinski definition) is 0. The summed E-state index contributed by atoms with van der Waals surface area (Å²) < 4.78 is 13.3. The molecule has 2 heterocycles. The highest BCUT2D eigenvalue weighted by atomic mass is 16.5. The van der Waals surface area contributed by atoms with Crippen LogP contribution in [0.15, 0.2) is 36.7 Å². The molecule has 2 aromatic rings. The minimum absolute atomic E-state index is 0.249. The van der Waals surface area contributed by atoms with Gasteiger partial charge >= 0.3 is 0 Å². The molecule has 27 heavy (non-hydrogen) atoms. The number of aromatic nitrogens is 2. The minimum atomic E-state index is 0.249. The van der Waals surface area contributed by atoms with Gasteiger partial charge in [-0.15, -0.1) is 0 Å². The third-order valence-electron chi connectivity index (χ3n) is 5.11. The molecule has 1 aliphatic rings. The number of methoxy groups -OCH3 is 1. The molecule has 6 heteroatoms. The monoisotopic (exact) mass is 371 g/mol. The zero-order valence-electron chi connectivity index (χ0n) is 16.3. The second kappa shape index (κ2) is 9.44. The largest absolute Gasteiger partial charge is 0.497 e. The van der Waals surface area contributed by atoms with Gasteiger partial charge in [-0.2, -0.15) is 0 Å². The standard InChI is InChI=1S/C21H29N3O3/c1-17-22-10-13-23(17)11-5-9-21(25)24-12-4-6-18(15-24)16-27-20-8-3-7-19(14-20)26-2/h3,7-8,10,13-14,18H,4-6,9,11-12,15-16H2,1-2H3/t18-/m0/s1. The van der Waals surface area contributed by atoms with Crippen LogP contribution in [0, 0.1) is 12.8 Å². The van der Waals surface area contributed by atoms with E-state index in [2.05, 4.69) is 9.55 Å². The summed E-state index contributed by atoms with van der Waals surface area (Å²) in [5.41, 5.74) is 0. The smallest absolute Gasteiger partial charge is 0.222 e. The van der Waals surface area contributed by atoms with Gasteiger partial charge in [-0.3, -0.25) is 4.79 Å². The van der Waals surface area contributed by atoms with Crippen molar-refractivity contribution in [2.75, 3.05) is 26.8 Å². The summed E-state index contributed by atoms with van der Waals surface area (Å²) in [6, 6.07) is 7.65. The molecule has 1 fully saturated rings. The maximum absolute atomic E-state index is 12.6. The molecule has 0 radical (unpaired) electrons. The number of carbonyl (C=O) groups is 1. The Kier molecular flexibility index (Phi) is 6.74. The average Bonchev–Trinajstić information content (AvgIpc) is 3.11. The molecular weight excluding hydrogens is 342 g/mol. The molecule has 3 rings (SSSR count). The second-order valence-corrected chi connectivity index (χ2v) is 7.11. The Morgan fingerprint density at radius 3 is 2.96 bits per heavy atom. The highest BCUT2D eigenvalue weighted by Gasteiger charge is 2.23. The van der Waals surface area contributed by atoms with Crippen molar-refractivity contribution in [3.8, 4) is 11.5 Å². The van der Waals surface area contributed by atoms with Crippen LogP contribution in [0.1, 0.15) is 31.5 Å². The number of piperidine rings is 1. The first kappa shape index (κ1) is 19.3. The minimum Gasteiger partial charge on any atom is -0.497 e. The van der Waals surface area contributed by atoms with Crippen molar-refractivity contribution >= 4 is 5.91 Å². The molecule has 0 aliphatic carbocycles. The molecule has 0 saturated carbocycles. The molecule has 1 saturated heterocycles. The fourth-order valence-corrected chi connectivity index (χ4v) is 3.53. The summed E-state index contributed by atoms with van der Waals surface area (Å²) in [5.74, 6) is 3.23. The van der Waals surface area contributed by atoms with Crippen LogP contribution in [0.3, 0.4) is 0 Å². The predicted octanol–water partition coefficient (Wildman–Crippen LogP) is 3.30. The Morgan fingerprint density at radius 1 is 1.33 bits per heavy atom. The Bertz CT molecular complexity index is 744. The third-order valence-corrected chi connectivity index (χ3v) is 5.11. The molecule has 1 atom stereocenters. The average molecular weight is 371 g/mol. The molecule has 1 amide bonds. The quantitative estimate of drug-likeness (QED) is 0.714. The van der Waals surface area contributed by atoms with Gasteiger partial charge in [0.15, 0.2) is 0 Å². The van der Waals surface area contributed by atoms with Crippen molar-refractivity contribution in [3.63, 3.8) is 0 Å². The fraction of sp³-hybridized carbons (Fsp3) is 0.524. The number of nitrogens with zero attached hydrogens (tertiary/aromatic N) is 3. The topological polar surface area (TPSA) is 56.6 Å². The normalized spacial score (nSPS) is 17.0. The van der Waals surface area contributed by atoms with Crippen molar-refractivity contribution in [1.82, 2.24) is 14.5 Å². The molecule has 1 aromatic heterocycles. The number of rotatable bonds is 8. The van der Waals surface area contributed by atoms with E-state index in [0.717, 1.165) is 56.2 Å². The van der Waals surface area contributed by atoms with Crippen LogP contribution in [-0.4, -0.2) is 47.2 Å². The van der Waals surface area contributed by atoms with Crippen LogP contribution in [0.5, 0.6) is 11.5 Å². The summed E-state index contributed by atoms with van der Waals surface area (Å²) >= 11 is 0. The van der Waals surface area contributed by atoms with Crippen LogP contribution < -0.4 is 9.47 Å². The van der Waals surface area contributed by atoms with E-state index in [-0.39, 0.29) is 5.91 Å². The number of carbonyl (C=O) groups excluding carboxylic acids is 1. The van der Waals surface area contributed by atoms with E-state index in [1.165, 1.54) is 0 Å². The van der Waals surface area contributed by atoms with E-state index in [1.54, 1.807) is 13.3 Å². The predicted molar refractivity (Wildman–Crippen MR) is 104 cm³/mol. The van der Waals surface area contributed by atoms with Gasteiger partial charge in [0.25, 0.3) is 0 Å². The molecule has 146 valence electrons. The SMILES string of the molecule is COc1cccc(OC[C@H]2CCCN(C(=O)CCCn3ccnc3C)C2)c1. The van der Waals surface area contributed by atoms with E-state index in [0.29, 0.717) is 18.9 Å². The number of aryl methyl sites for hydroxylation is 2. The number of likely N-dealkylation sites (tertiary alicyclic amines) is 1. The number of amides is 1. The Morgan fingerprint density at radius 2 is 2.19 bits per heavy atom. The summed E-state index contributed by atoms with van der Waals surface area (Å²) in [6.45, 7) is 5.10. The van der Waals surface area contributed by atoms with Crippen LogP contribution in [-0.2, 0) is 11.3 Å². The zero-order chi connectivity index (χ0) is 19.1. The van der Waals surface area contributed by atoms with Gasteiger partial charge in [0.2, 0.25) is 5.91 Å². The lowest BCUT2D eigenvalue weighted by atomic mass is 9.98. The van der Waals surface area contributed by atoms with Crippen molar-refractivity contribution < 1.29 is 14.3 Å². The van der Waals surface area contributed by atoms with Crippen LogP contribution in [0.2, 0.25) is 0 Å². The van der Waals surface area contributed by atoms with E-state index in [9.17, 15) is 4.79 Å². The van der Waals surface area contributed by atoms with Crippen LogP contribution in [0.25, 0.3) is 0 Å². The van der Waals surface area contributed by atoms with Crippen LogP contribution >= 0.6 is 0 Å². The van der Waals surface area contributed by atoms with Gasteiger partial charge in [0, 0.05) is 50.4 Å². The number of hydrogen-bond acceptors (Lipinski definition) is 4. The van der Waals surface area contributed by atoms with Crippen molar-refractivity contribution in [2.24, 2.45) is 5.92 Å². The molecule has 0 spiro atoms. The molecular formula is C21H29N3O3. The van der Waals surface area contributed by atoms with Crippen molar-refractivity contribution in [2.45, 2.75) is 39.2 Å². The molecule has 1 aliphatic heterocycles. The maximum Gasteiger partial charge on any atom is 0.222 e. The van der Waals surface area contributed by atoms with Gasteiger partial charge in [0.05, 0.1) is 13.7 Å². The Balaban J connectivity index is 1.42. The number of imidazole rings is 1. The molecule has 0 N–H and O–H groups in total. The lowest BCUT2D eigenvalue weighted by molar-refractivity contribution is -0.133. The Hall–Kier alpha value is -2.50. The summed E-state index contributed by atoms with van der Waals surface area (Å²) in [5, 5.41) is 0. The molecule has 0 bridgehead atoms. The summed E-state index contributed by atoms with van der Waals surface area (Å²) in [6.07, 6.45) is 7.33. The van der Waals surface area contributed by atoms with Gasteiger partial charge in [-0.25, -0.2) is 4.98 Å². The molecule has 0 unspecified atom stereocenters. The summed E-state index contributed by atoms with van der Waals surface area (Å²) in [4.78, 5) is 18.8. The Labute approximate surface area is 161 Å². The van der Waals surface area contributed by atoms with Gasteiger partial charge in [-0.1, -0.05) is 6.07 Å². The highest BCUT2D eigenvalue weighted by molar-refractivity contribution is 5.76. The first-order valence-corrected chi connectivity index (χ1v) is 9.68. The van der Waals surface area contributed by atoms with Gasteiger partial charge in [-0.05, 0) is 38.3 Å². The first-order chi connectivity index (χ1) is 13.2. The summed E-state index contributed by atoms with van der Waals surface area (Å²) in [7, 11) is 1.65. The maximum atomic E-state index is 12.6. The zero-order valence-corrected chi connectivity index (χ0v) is 16.3. The lowest BCUT2D eigenvalue weighted by Crippen LogP contribution is -2.41. The molecule has 1 aromatic carbocycles. The van der Waals surface area contributed by atoms with E-state index in [4.69, 9.17) is 9.47 Å². The number of ether oxygens (including phenoxy) is 2. The van der Waals surface area contributed by atoms with E-state index < -0.39 is 0 Å². The van der Waals surface area contributed by atoms with Crippen molar-refractivity contribution in [3.05, 3.63) is 42.5 Å². The van der Waals surface area contributed by atoms with E-state index in [1.807, 2.05) is 42.3 Å². The first-order valence-electron chi connectivity index (χ1n) is 9.68. The van der Waals surface area contributed by atoms with E-state index >= 15 is 0 Å². The third kappa shape index (κ3) is 5.49. The second-order valence-electron chi connectivity index (χ2n) is 7.11. The van der Waals surface area contributed by atoms with Crippen molar-refractivity contribution in [1.29, 1.82) is 0 Å². The van der Waals surface area contributed by atoms with Crippen LogP contribution in [0.4, 0.5) is 0 Å².